The van der Waals surface area contributed by atoms with Crippen LogP contribution in [0.2, 0.25) is 0 Å². The van der Waals surface area contributed by atoms with Crippen molar-refractivity contribution in [2.24, 2.45) is 0 Å². The molecule has 30 heavy (non-hydrogen) atoms. The molecule has 0 bridgehead atoms. The summed E-state index contributed by atoms with van der Waals surface area (Å²) in [4.78, 5) is 29.0. The number of H-pyrrole nitrogens is 1. The zero-order chi connectivity index (χ0) is 20.7. The van der Waals surface area contributed by atoms with Gasteiger partial charge in [-0.05, 0) is 25.1 Å². The van der Waals surface area contributed by atoms with Crippen LogP contribution in [-0.4, -0.2) is 19.9 Å². The molecule has 2 aromatic carbocycles. The highest BCUT2D eigenvalue weighted by atomic mass is 16.1. The summed E-state index contributed by atoms with van der Waals surface area (Å²) >= 11 is 0. The average molecular weight is 389 g/mol. The van der Waals surface area contributed by atoms with Gasteiger partial charge < -0.3 is 4.98 Å². The summed E-state index contributed by atoms with van der Waals surface area (Å²) in [5.74, 6) is 0. The van der Waals surface area contributed by atoms with E-state index in [2.05, 4.69) is 9.97 Å². The number of fused-ring (bicyclic) bond motifs is 2. The molecule has 0 fully saturated rings. The van der Waals surface area contributed by atoms with Crippen LogP contribution in [0.1, 0.15) is 11.1 Å². The summed E-state index contributed by atoms with van der Waals surface area (Å²) in [5.41, 5.74) is 4.98. The Kier molecular flexibility index (Phi) is 4.08. The SMILES string of the molecule is Cc1c(C#N)c(=O)[nH]c2nc(-c3ccccc3)c(-c3ccc4ncccc4c3)nc12. The molecule has 0 saturated heterocycles. The Morgan fingerprint density at radius 2 is 1.73 bits per heavy atom. The lowest BCUT2D eigenvalue weighted by molar-refractivity contribution is 1.16. The van der Waals surface area contributed by atoms with E-state index in [0.29, 0.717) is 28.1 Å². The molecule has 1 N–H and O–H groups in total. The van der Waals surface area contributed by atoms with Crippen LogP contribution in [0.25, 0.3) is 44.6 Å². The number of nitrogens with zero attached hydrogens (tertiary/aromatic N) is 4. The molecule has 0 aliphatic carbocycles. The summed E-state index contributed by atoms with van der Waals surface area (Å²) < 4.78 is 0. The van der Waals surface area contributed by atoms with Gasteiger partial charge >= 0.3 is 0 Å². The van der Waals surface area contributed by atoms with E-state index in [0.717, 1.165) is 22.0 Å². The van der Waals surface area contributed by atoms with Gasteiger partial charge in [-0.2, -0.15) is 5.26 Å². The van der Waals surface area contributed by atoms with E-state index in [1.807, 2.05) is 66.7 Å². The predicted octanol–water partition coefficient (Wildman–Crippen LogP) is 4.38. The topological polar surface area (TPSA) is 95.3 Å². The van der Waals surface area contributed by atoms with Crippen molar-refractivity contribution in [2.45, 2.75) is 6.92 Å². The van der Waals surface area contributed by atoms with Crippen molar-refractivity contribution < 1.29 is 0 Å². The molecular formula is C24H15N5O. The largest absolute Gasteiger partial charge is 0.304 e. The van der Waals surface area contributed by atoms with Crippen LogP contribution in [0.3, 0.4) is 0 Å². The van der Waals surface area contributed by atoms with Crippen molar-refractivity contribution in [1.29, 1.82) is 5.26 Å². The lowest BCUT2D eigenvalue weighted by Gasteiger charge is -2.12. The molecule has 0 atom stereocenters. The van der Waals surface area contributed by atoms with E-state index < -0.39 is 5.56 Å². The first-order valence-electron chi connectivity index (χ1n) is 9.41. The van der Waals surface area contributed by atoms with E-state index in [4.69, 9.17) is 9.97 Å². The summed E-state index contributed by atoms with van der Waals surface area (Å²) in [6.07, 6.45) is 1.76. The number of benzene rings is 2. The third kappa shape index (κ3) is 2.81. The van der Waals surface area contributed by atoms with Gasteiger partial charge in [0.1, 0.15) is 17.1 Å². The molecule has 142 valence electrons. The number of aromatic nitrogens is 4. The van der Waals surface area contributed by atoms with Gasteiger partial charge in [-0.15, -0.1) is 0 Å². The van der Waals surface area contributed by atoms with Gasteiger partial charge in [0.15, 0.2) is 5.65 Å². The first kappa shape index (κ1) is 17.7. The minimum Gasteiger partial charge on any atom is -0.304 e. The Morgan fingerprint density at radius 3 is 2.53 bits per heavy atom. The standard InChI is InChI=1S/C24H15N5O/c1-14-18(13-25)24(30)29-23-20(14)27-22(21(28-23)15-6-3-2-4-7-15)17-9-10-19-16(12-17)8-5-11-26-19/h2-12H,1H3,(H,28,29,30). The van der Waals surface area contributed by atoms with Gasteiger partial charge in [0.05, 0.1) is 16.9 Å². The van der Waals surface area contributed by atoms with Crippen LogP contribution in [-0.2, 0) is 0 Å². The molecule has 6 nitrogen and oxygen atoms in total. The van der Waals surface area contributed by atoms with E-state index in [-0.39, 0.29) is 5.56 Å². The zero-order valence-corrected chi connectivity index (χ0v) is 16.0. The monoisotopic (exact) mass is 389 g/mol. The molecule has 0 amide bonds. The molecule has 0 unspecified atom stereocenters. The highest BCUT2D eigenvalue weighted by Crippen LogP contribution is 2.32. The Bertz CT molecular complexity index is 1530. The quantitative estimate of drug-likeness (QED) is 0.483. The molecule has 0 aliphatic rings. The molecule has 3 aromatic heterocycles. The summed E-state index contributed by atoms with van der Waals surface area (Å²) in [5, 5.41) is 10.4. The third-order valence-electron chi connectivity index (χ3n) is 5.12. The van der Waals surface area contributed by atoms with Crippen molar-refractivity contribution in [3.63, 3.8) is 0 Å². The second-order valence-corrected chi connectivity index (χ2v) is 6.96. The van der Waals surface area contributed by atoms with Gasteiger partial charge in [-0.1, -0.05) is 42.5 Å². The van der Waals surface area contributed by atoms with Crippen molar-refractivity contribution in [3.8, 4) is 28.6 Å². The maximum Gasteiger partial charge on any atom is 0.267 e. The van der Waals surface area contributed by atoms with Crippen LogP contribution >= 0.6 is 0 Å². The lowest BCUT2D eigenvalue weighted by Crippen LogP contribution is -2.14. The van der Waals surface area contributed by atoms with Crippen molar-refractivity contribution in [1.82, 2.24) is 19.9 Å². The number of hydrogen-bond acceptors (Lipinski definition) is 5. The number of nitriles is 1. The number of pyridine rings is 2. The van der Waals surface area contributed by atoms with E-state index in [1.54, 1.807) is 13.1 Å². The maximum absolute atomic E-state index is 12.3. The number of nitrogens with one attached hydrogen (secondary N) is 1. The fourth-order valence-electron chi connectivity index (χ4n) is 3.60. The molecular weight excluding hydrogens is 374 g/mol. The Labute approximate surface area is 171 Å². The molecule has 0 spiro atoms. The van der Waals surface area contributed by atoms with Gasteiger partial charge in [0.25, 0.3) is 5.56 Å². The molecule has 5 rings (SSSR count). The molecule has 0 aliphatic heterocycles. The van der Waals surface area contributed by atoms with Crippen LogP contribution in [0.5, 0.6) is 0 Å². The first-order chi connectivity index (χ1) is 14.7. The van der Waals surface area contributed by atoms with Gasteiger partial charge in [0, 0.05) is 28.3 Å². The molecule has 0 radical (unpaired) electrons. The van der Waals surface area contributed by atoms with Crippen molar-refractivity contribution in [2.75, 3.05) is 0 Å². The van der Waals surface area contributed by atoms with Crippen LogP contribution < -0.4 is 5.56 Å². The Balaban J connectivity index is 1.88. The van der Waals surface area contributed by atoms with Crippen LogP contribution in [0.15, 0.2) is 71.7 Å². The van der Waals surface area contributed by atoms with E-state index in [9.17, 15) is 10.1 Å². The van der Waals surface area contributed by atoms with Crippen LogP contribution in [0.4, 0.5) is 0 Å². The van der Waals surface area contributed by atoms with E-state index in [1.165, 1.54) is 0 Å². The Hall–Kier alpha value is -4.37. The average Bonchev–Trinajstić information content (AvgIpc) is 2.79. The highest BCUT2D eigenvalue weighted by Gasteiger charge is 2.17. The maximum atomic E-state index is 12.3. The van der Waals surface area contributed by atoms with Crippen molar-refractivity contribution >= 4 is 22.1 Å². The highest BCUT2D eigenvalue weighted by molar-refractivity contribution is 5.90. The normalized spacial score (nSPS) is 10.9. The fourth-order valence-corrected chi connectivity index (χ4v) is 3.60. The Morgan fingerprint density at radius 1 is 0.933 bits per heavy atom. The van der Waals surface area contributed by atoms with Crippen molar-refractivity contribution in [3.05, 3.63) is 88.3 Å². The second-order valence-electron chi connectivity index (χ2n) is 6.96. The second kappa shape index (κ2) is 6.90. The molecule has 0 saturated carbocycles. The zero-order valence-electron chi connectivity index (χ0n) is 16.0. The smallest absolute Gasteiger partial charge is 0.267 e. The predicted molar refractivity (Wildman–Crippen MR) is 116 cm³/mol. The fraction of sp³-hybridized carbons (Fsp3) is 0.0417. The van der Waals surface area contributed by atoms with Gasteiger partial charge in [-0.25, -0.2) is 9.97 Å². The number of aromatic amines is 1. The first-order valence-corrected chi connectivity index (χ1v) is 9.41. The van der Waals surface area contributed by atoms with Gasteiger partial charge in [-0.3, -0.25) is 9.78 Å². The summed E-state index contributed by atoms with van der Waals surface area (Å²) in [7, 11) is 0. The number of rotatable bonds is 2. The van der Waals surface area contributed by atoms with Crippen LogP contribution in [0, 0.1) is 18.3 Å². The third-order valence-corrected chi connectivity index (χ3v) is 5.12. The summed E-state index contributed by atoms with van der Waals surface area (Å²) in [6, 6.07) is 21.5. The van der Waals surface area contributed by atoms with Gasteiger partial charge in [0.2, 0.25) is 0 Å². The minimum atomic E-state index is -0.458. The number of hydrogen-bond donors (Lipinski definition) is 1. The summed E-state index contributed by atoms with van der Waals surface area (Å²) in [6.45, 7) is 1.72. The minimum absolute atomic E-state index is 0.0536. The molecule has 3 heterocycles. The lowest BCUT2D eigenvalue weighted by atomic mass is 10.0. The molecule has 6 heteroatoms. The molecule has 5 aromatic rings. The number of aryl methyl sites for hydroxylation is 1. The van der Waals surface area contributed by atoms with E-state index >= 15 is 0 Å².